The highest BCUT2D eigenvalue weighted by Gasteiger charge is 2.40. The lowest BCUT2D eigenvalue weighted by molar-refractivity contribution is -0.145. The fourth-order valence-electron chi connectivity index (χ4n) is 1.80. The number of ether oxygens (including phenoxy) is 1. The Morgan fingerprint density at radius 1 is 1.57 bits per heavy atom. The number of pyridine rings is 1. The first-order valence-corrected chi connectivity index (χ1v) is 6.80. The highest BCUT2D eigenvalue weighted by atomic mass is 35.5. The van der Waals surface area contributed by atoms with Gasteiger partial charge < -0.3 is 10.1 Å². The SMILES string of the molecule is C[C@@H]1C[C@@H]1C(=O)OCCNc1ncc(C(F)(F)F)cc1Cl. The monoisotopic (exact) mass is 322 g/mol. The van der Waals surface area contributed by atoms with E-state index in [9.17, 15) is 18.0 Å². The zero-order valence-corrected chi connectivity index (χ0v) is 12.0. The summed E-state index contributed by atoms with van der Waals surface area (Å²) >= 11 is 5.72. The number of alkyl halides is 3. The number of carbonyl (C=O) groups is 1. The van der Waals surface area contributed by atoms with E-state index in [-0.39, 0.29) is 35.9 Å². The smallest absolute Gasteiger partial charge is 0.417 e. The lowest BCUT2D eigenvalue weighted by Crippen LogP contribution is -2.16. The van der Waals surface area contributed by atoms with Crippen molar-refractivity contribution in [2.45, 2.75) is 19.5 Å². The molecule has 0 bridgehead atoms. The molecule has 1 aliphatic rings. The number of carbonyl (C=O) groups excluding carboxylic acids is 1. The van der Waals surface area contributed by atoms with E-state index in [4.69, 9.17) is 16.3 Å². The summed E-state index contributed by atoms with van der Waals surface area (Å²) in [4.78, 5) is 15.0. The summed E-state index contributed by atoms with van der Waals surface area (Å²) in [6.45, 7) is 2.31. The van der Waals surface area contributed by atoms with Crippen molar-refractivity contribution in [2.75, 3.05) is 18.5 Å². The topological polar surface area (TPSA) is 51.2 Å². The van der Waals surface area contributed by atoms with Gasteiger partial charge in [0, 0.05) is 6.20 Å². The summed E-state index contributed by atoms with van der Waals surface area (Å²) in [5, 5.41) is 2.60. The molecule has 116 valence electrons. The van der Waals surface area contributed by atoms with Crippen molar-refractivity contribution in [1.29, 1.82) is 0 Å². The van der Waals surface area contributed by atoms with Gasteiger partial charge >= 0.3 is 12.1 Å². The van der Waals surface area contributed by atoms with Crippen LogP contribution in [0.5, 0.6) is 0 Å². The van der Waals surface area contributed by atoms with Crippen LogP contribution in [0.3, 0.4) is 0 Å². The van der Waals surface area contributed by atoms with Gasteiger partial charge in [-0.3, -0.25) is 4.79 Å². The molecule has 1 N–H and O–H groups in total. The van der Waals surface area contributed by atoms with E-state index in [0.717, 1.165) is 12.5 Å². The highest BCUT2D eigenvalue weighted by molar-refractivity contribution is 6.32. The van der Waals surface area contributed by atoms with E-state index in [1.165, 1.54) is 0 Å². The predicted octanol–water partition coefficient (Wildman–Crippen LogP) is 3.36. The van der Waals surface area contributed by atoms with Crippen LogP contribution in [0.1, 0.15) is 18.9 Å². The Balaban J connectivity index is 1.79. The third-order valence-electron chi connectivity index (χ3n) is 3.22. The van der Waals surface area contributed by atoms with Gasteiger partial charge in [0.1, 0.15) is 12.4 Å². The molecular formula is C13H14ClF3N2O2. The second-order valence-electron chi connectivity index (χ2n) is 4.97. The molecule has 1 heterocycles. The number of nitrogens with one attached hydrogen (secondary N) is 1. The van der Waals surface area contributed by atoms with Gasteiger partial charge in [0.25, 0.3) is 0 Å². The van der Waals surface area contributed by atoms with Gasteiger partial charge in [-0.25, -0.2) is 4.98 Å². The lowest BCUT2D eigenvalue weighted by Gasteiger charge is -2.11. The Morgan fingerprint density at radius 2 is 2.24 bits per heavy atom. The van der Waals surface area contributed by atoms with Crippen molar-refractivity contribution >= 4 is 23.4 Å². The number of nitrogens with zero attached hydrogens (tertiary/aromatic N) is 1. The van der Waals surface area contributed by atoms with Crippen LogP contribution in [0.15, 0.2) is 12.3 Å². The number of aromatic nitrogens is 1. The van der Waals surface area contributed by atoms with Gasteiger partial charge in [0.2, 0.25) is 0 Å². The minimum absolute atomic E-state index is 0.0159. The number of halogens is 4. The summed E-state index contributed by atoms with van der Waals surface area (Å²) in [6.07, 6.45) is -2.93. The molecule has 0 aromatic carbocycles. The Bertz CT molecular complexity index is 537. The Hall–Kier alpha value is -1.50. The van der Waals surface area contributed by atoms with Crippen LogP contribution in [-0.4, -0.2) is 24.1 Å². The number of rotatable bonds is 5. The maximum atomic E-state index is 12.4. The molecule has 1 aliphatic carbocycles. The highest BCUT2D eigenvalue weighted by Crippen LogP contribution is 2.38. The van der Waals surface area contributed by atoms with Crippen LogP contribution in [0.2, 0.25) is 5.02 Å². The van der Waals surface area contributed by atoms with E-state index in [0.29, 0.717) is 12.1 Å². The van der Waals surface area contributed by atoms with Crippen molar-refractivity contribution in [3.8, 4) is 0 Å². The molecule has 0 unspecified atom stereocenters. The maximum absolute atomic E-state index is 12.4. The van der Waals surface area contributed by atoms with E-state index in [1.807, 2.05) is 6.92 Å². The predicted molar refractivity (Wildman–Crippen MR) is 71.0 cm³/mol. The molecule has 1 aromatic rings. The molecule has 0 amide bonds. The first kappa shape index (κ1) is 15.9. The number of anilines is 1. The minimum atomic E-state index is -4.48. The third-order valence-corrected chi connectivity index (χ3v) is 3.51. The minimum Gasteiger partial charge on any atom is -0.464 e. The second kappa shape index (κ2) is 6.09. The third kappa shape index (κ3) is 4.23. The standard InChI is InChI=1S/C13H14ClF3N2O2/c1-7-4-9(7)12(20)21-3-2-18-11-10(14)5-8(6-19-11)13(15,16)17/h5-7,9H,2-4H2,1H3,(H,18,19)/t7-,9+/m1/s1. The van der Waals surface area contributed by atoms with Gasteiger partial charge in [-0.15, -0.1) is 0 Å². The molecule has 0 spiro atoms. The molecule has 2 rings (SSSR count). The van der Waals surface area contributed by atoms with E-state index >= 15 is 0 Å². The summed E-state index contributed by atoms with van der Waals surface area (Å²) in [6, 6.07) is 0.800. The number of esters is 1. The van der Waals surface area contributed by atoms with Gasteiger partial charge in [-0.2, -0.15) is 13.2 Å². The molecule has 0 saturated heterocycles. The van der Waals surface area contributed by atoms with Crippen molar-refractivity contribution in [3.63, 3.8) is 0 Å². The van der Waals surface area contributed by atoms with Gasteiger partial charge in [-0.1, -0.05) is 18.5 Å². The lowest BCUT2D eigenvalue weighted by atomic mass is 10.3. The molecule has 8 heteroatoms. The van der Waals surface area contributed by atoms with Crippen molar-refractivity contribution in [2.24, 2.45) is 11.8 Å². The summed E-state index contributed by atoms with van der Waals surface area (Å²) in [7, 11) is 0. The van der Waals surface area contributed by atoms with Crippen LogP contribution < -0.4 is 5.32 Å². The van der Waals surface area contributed by atoms with Gasteiger partial charge in [0.05, 0.1) is 23.0 Å². The fraction of sp³-hybridized carbons (Fsp3) is 0.538. The quantitative estimate of drug-likeness (QED) is 0.667. The zero-order valence-electron chi connectivity index (χ0n) is 11.2. The normalized spacial score (nSPS) is 21.0. The summed E-state index contributed by atoms with van der Waals surface area (Å²) < 4.78 is 42.3. The van der Waals surface area contributed by atoms with Gasteiger partial charge in [0.15, 0.2) is 0 Å². The average Bonchev–Trinajstić information content (AvgIpc) is 3.12. The molecule has 1 fully saturated rings. The maximum Gasteiger partial charge on any atom is 0.417 e. The average molecular weight is 323 g/mol. The number of hydrogen-bond donors (Lipinski definition) is 1. The van der Waals surface area contributed by atoms with Crippen LogP contribution >= 0.6 is 11.6 Å². The van der Waals surface area contributed by atoms with E-state index in [1.54, 1.807) is 0 Å². The van der Waals surface area contributed by atoms with Crippen molar-refractivity contribution in [1.82, 2.24) is 4.98 Å². The Kier molecular flexibility index (Phi) is 4.61. The van der Waals surface area contributed by atoms with E-state index in [2.05, 4.69) is 10.3 Å². The summed E-state index contributed by atoms with van der Waals surface area (Å²) in [5.74, 6) is 0.241. The summed E-state index contributed by atoms with van der Waals surface area (Å²) in [5.41, 5.74) is -0.910. The molecule has 0 aliphatic heterocycles. The molecule has 4 nitrogen and oxygen atoms in total. The largest absolute Gasteiger partial charge is 0.464 e. The second-order valence-corrected chi connectivity index (χ2v) is 5.37. The van der Waals surface area contributed by atoms with Crippen LogP contribution in [0.25, 0.3) is 0 Å². The molecule has 0 radical (unpaired) electrons. The molecule has 1 aromatic heterocycles. The molecule has 1 saturated carbocycles. The van der Waals surface area contributed by atoms with Crippen LogP contribution in [0, 0.1) is 11.8 Å². The van der Waals surface area contributed by atoms with Gasteiger partial charge in [-0.05, 0) is 18.4 Å². The van der Waals surface area contributed by atoms with Crippen molar-refractivity contribution < 1.29 is 22.7 Å². The molecule has 2 atom stereocenters. The Labute approximate surface area is 124 Å². The zero-order chi connectivity index (χ0) is 15.6. The first-order chi connectivity index (χ1) is 9.79. The Morgan fingerprint density at radius 3 is 2.76 bits per heavy atom. The first-order valence-electron chi connectivity index (χ1n) is 6.42. The van der Waals surface area contributed by atoms with Crippen LogP contribution in [0.4, 0.5) is 19.0 Å². The van der Waals surface area contributed by atoms with E-state index < -0.39 is 11.7 Å². The molecule has 21 heavy (non-hydrogen) atoms. The van der Waals surface area contributed by atoms with Crippen LogP contribution in [-0.2, 0) is 15.7 Å². The fourth-order valence-corrected chi connectivity index (χ4v) is 2.03. The molecular weight excluding hydrogens is 309 g/mol. The number of hydrogen-bond acceptors (Lipinski definition) is 4. The van der Waals surface area contributed by atoms with Crippen molar-refractivity contribution in [3.05, 3.63) is 22.8 Å².